The highest BCUT2D eigenvalue weighted by Gasteiger charge is 2.31. The van der Waals surface area contributed by atoms with Gasteiger partial charge in [0, 0.05) is 16.6 Å². The molecular formula is C23H23N3OS. The van der Waals surface area contributed by atoms with Crippen molar-refractivity contribution < 1.29 is 5.11 Å². The molecule has 5 heteroatoms. The van der Waals surface area contributed by atoms with Gasteiger partial charge in [-0.2, -0.15) is 0 Å². The number of aliphatic hydroxyl groups excluding tert-OH is 1. The minimum absolute atomic E-state index is 0.200. The Kier molecular flexibility index (Phi) is 4.55. The molecule has 3 aromatic rings. The quantitative estimate of drug-likeness (QED) is 0.594. The lowest BCUT2D eigenvalue weighted by molar-refractivity contribution is 0.411. The largest absolute Gasteiger partial charge is 0.510 e. The Labute approximate surface area is 169 Å². The Morgan fingerprint density at radius 3 is 2.50 bits per heavy atom. The van der Waals surface area contributed by atoms with E-state index in [1.165, 1.54) is 28.0 Å². The maximum atomic E-state index is 10.6. The molecule has 0 bridgehead atoms. The first-order valence-electron chi connectivity index (χ1n) is 9.24. The number of hydrogen-bond acceptors (Lipinski definition) is 4. The summed E-state index contributed by atoms with van der Waals surface area (Å²) in [6.07, 6.45) is 0. The van der Waals surface area contributed by atoms with Crippen LogP contribution in [0.3, 0.4) is 0 Å². The van der Waals surface area contributed by atoms with Crippen LogP contribution in [0.1, 0.15) is 27.3 Å². The summed E-state index contributed by atoms with van der Waals surface area (Å²) in [4.78, 5) is 6.58. The van der Waals surface area contributed by atoms with E-state index in [4.69, 9.17) is 10.4 Å². The van der Waals surface area contributed by atoms with Gasteiger partial charge in [-0.05, 0) is 56.5 Å². The summed E-state index contributed by atoms with van der Waals surface area (Å²) < 4.78 is 0. The second kappa shape index (κ2) is 6.91. The number of thiazole rings is 1. The Bertz CT molecular complexity index is 1130. The number of aliphatic hydroxyl groups is 1. The molecular weight excluding hydrogens is 366 g/mol. The second-order valence-electron chi connectivity index (χ2n) is 7.38. The average molecular weight is 390 g/mol. The van der Waals surface area contributed by atoms with Crippen LogP contribution >= 0.6 is 11.3 Å². The van der Waals surface area contributed by atoms with Crippen molar-refractivity contribution in [1.29, 1.82) is 5.41 Å². The zero-order chi connectivity index (χ0) is 20.0. The van der Waals surface area contributed by atoms with Crippen LogP contribution in [-0.4, -0.2) is 22.5 Å². The lowest BCUT2D eigenvalue weighted by Gasteiger charge is -2.21. The minimum Gasteiger partial charge on any atom is -0.510 e. The van der Waals surface area contributed by atoms with E-state index in [2.05, 4.69) is 45.0 Å². The van der Waals surface area contributed by atoms with Gasteiger partial charge < -0.3 is 10.0 Å². The fourth-order valence-electron chi connectivity index (χ4n) is 3.54. The molecule has 0 fully saturated rings. The van der Waals surface area contributed by atoms with Crippen molar-refractivity contribution in [3.8, 4) is 11.3 Å². The van der Waals surface area contributed by atoms with Crippen LogP contribution in [-0.2, 0) is 0 Å². The van der Waals surface area contributed by atoms with Crippen LogP contribution in [0.25, 0.3) is 16.8 Å². The van der Waals surface area contributed by atoms with Crippen LogP contribution in [0.5, 0.6) is 0 Å². The van der Waals surface area contributed by atoms with E-state index < -0.39 is 0 Å². The molecule has 28 heavy (non-hydrogen) atoms. The topological polar surface area (TPSA) is 60.2 Å². The van der Waals surface area contributed by atoms with Crippen molar-refractivity contribution in [2.24, 2.45) is 0 Å². The zero-order valence-electron chi connectivity index (χ0n) is 16.5. The Morgan fingerprint density at radius 2 is 1.79 bits per heavy atom. The second-order valence-corrected chi connectivity index (χ2v) is 8.24. The van der Waals surface area contributed by atoms with Gasteiger partial charge in [-0.3, -0.25) is 5.41 Å². The number of benzene rings is 2. The normalized spacial score (nSPS) is 14.3. The van der Waals surface area contributed by atoms with E-state index >= 15 is 0 Å². The molecule has 2 aromatic carbocycles. The standard InChI is InChI=1S/C23H23N3OS/c1-13-5-8-19(16(4)9-13)26-11-20(27)21(22(26)24)23-25-18(12-28-23)17-7-6-14(2)15(3)10-17/h5-10,12,24,27H,11H2,1-4H3. The Hall–Kier alpha value is -2.92. The van der Waals surface area contributed by atoms with E-state index in [1.54, 1.807) is 0 Å². The summed E-state index contributed by atoms with van der Waals surface area (Å²) in [5.74, 6) is 0.497. The first kappa shape index (κ1) is 18.4. The smallest absolute Gasteiger partial charge is 0.139 e. The average Bonchev–Trinajstić information content (AvgIpc) is 3.22. The van der Waals surface area contributed by atoms with Crippen molar-refractivity contribution in [3.05, 3.63) is 74.8 Å². The molecule has 0 saturated carbocycles. The van der Waals surface area contributed by atoms with Gasteiger partial charge in [0.1, 0.15) is 16.6 Å². The lowest BCUT2D eigenvalue weighted by Crippen LogP contribution is -2.26. The molecule has 1 aliphatic heterocycles. The molecule has 2 heterocycles. The number of amidine groups is 1. The summed E-state index contributed by atoms with van der Waals surface area (Å²) >= 11 is 1.47. The van der Waals surface area contributed by atoms with Crippen LogP contribution in [0.15, 0.2) is 47.5 Å². The minimum atomic E-state index is 0.200. The number of nitrogens with one attached hydrogen (secondary N) is 1. The summed E-state index contributed by atoms with van der Waals surface area (Å²) in [5, 5.41) is 22.0. The van der Waals surface area contributed by atoms with Crippen LogP contribution < -0.4 is 4.90 Å². The van der Waals surface area contributed by atoms with Crippen molar-refractivity contribution in [3.63, 3.8) is 0 Å². The maximum Gasteiger partial charge on any atom is 0.139 e. The fourth-order valence-corrected chi connectivity index (χ4v) is 4.44. The third kappa shape index (κ3) is 3.12. The predicted octanol–water partition coefficient (Wildman–Crippen LogP) is 5.81. The number of anilines is 1. The SMILES string of the molecule is Cc1ccc(N2CC(O)=C(c3nc(-c4ccc(C)c(C)c4)cs3)C2=N)c(C)c1. The van der Waals surface area contributed by atoms with Crippen molar-refractivity contribution in [1.82, 2.24) is 4.98 Å². The molecule has 0 saturated heterocycles. The van der Waals surface area contributed by atoms with Crippen LogP contribution in [0.2, 0.25) is 0 Å². The third-order valence-corrected chi connectivity index (χ3v) is 6.13. The highest BCUT2D eigenvalue weighted by atomic mass is 32.1. The van der Waals surface area contributed by atoms with Crippen LogP contribution in [0.4, 0.5) is 5.69 Å². The monoisotopic (exact) mass is 389 g/mol. The van der Waals surface area contributed by atoms with Crippen molar-refractivity contribution in [2.75, 3.05) is 11.4 Å². The van der Waals surface area contributed by atoms with E-state index in [0.717, 1.165) is 22.5 Å². The molecule has 0 spiro atoms. The molecule has 0 amide bonds. The molecule has 2 N–H and O–H groups in total. The van der Waals surface area contributed by atoms with E-state index in [1.807, 2.05) is 29.3 Å². The van der Waals surface area contributed by atoms with E-state index in [-0.39, 0.29) is 5.76 Å². The lowest BCUT2D eigenvalue weighted by atomic mass is 10.1. The van der Waals surface area contributed by atoms with Gasteiger partial charge in [0.2, 0.25) is 0 Å². The number of nitrogens with zero attached hydrogens (tertiary/aromatic N) is 2. The van der Waals surface area contributed by atoms with E-state index in [0.29, 0.717) is 23.0 Å². The number of aryl methyl sites for hydroxylation is 4. The highest BCUT2D eigenvalue weighted by Crippen LogP contribution is 2.35. The highest BCUT2D eigenvalue weighted by molar-refractivity contribution is 7.11. The first-order valence-corrected chi connectivity index (χ1v) is 10.1. The van der Waals surface area contributed by atoms with Gasteiger partial charge in [-0.25, -0.2) is 4.98 Å². The van der Waals surface area contributed by atoms with Gasteiger partial charge >= 0.3 is 0 Å². The fraction of sp³-hybridized carbons (Fsp3) is 0.217. The molecule has 1 aromatic heterocycles. The molecule has 0 radical (unpaired) electrons. The Balaban J connectivity index is 1.66. The molecule has 4 nitrogen and oxygen atoms in total. The van der Waals surface area contributed by atoms with Crippen molar-refractivity contribution >= 4 is 28.4 Å². The van der Waals surface area contributed by atoms with Gasteiger partial charge in [-0.15, -0.1) is 11.3 Å². The van der Waals surface area contributed by atoms with E-state index in [9.17, 15) is 5.11 Å². The number of hydrogen-bond donors (Lipinski definition) is 2. The van der Waals surface area contributed by atoms with Crippen molar-refractivity contribution in [2.45, 2.75) is 27.7 Å². The molecule has 4 rings (SSSR count). The number of rotatable bonds is 3. The summed E-state index contributed by atoms with van der Waals surface area (Å²) in [5.41, 5.74) is 8.16. The molecule has 142 valence electrons. The zero-order valence-corrected chi connectivity index (χ0v) is 17.3. The van der Waals surface area contributed by atoms with Crippen LogP contribution in [0, 0.1) is 33.1 Å². The Morgan fingerprint density at radius 1 is 1.00 bits per heavy atom. The first-order chi connectivity index (χ1) is 13.3. The van der Waals surface area contributed by atoms with Gasteiger partial charge in [-0.1, -0.05) is 29.8 Å². The predicted molar refractivity (Wildman–Crippen MR) is 118 cm³/mol. The molecule has 0 unspecified atom stereocenters. The maximum absolute atomic E-state index is 10.6. The summed E-state index contributed by atoms with van der Waals surface area (Å²) in [6, 6.07) is 12.4. The van der Waals surface area contributed by atoms with Gasteiger partial charge in [0.25, 0.3) is 0 Å². The summed E-state index contributed by atoms with van der Waals surface area (Å²) in [7, 11) is 0. The van der Waals surface area contributed by atoms with Gasteiger partial charge in [0.05, 0.1) is 17.8 Å². The molecule has 1 aliphatic rings. The van der Waals surface area contributed by atoms with Gasteiger partial charge in [0.15, 0.2) is 0 Å². The number of aromatic nitrogens is 1. The summed E-state index contributed by atoms with van der Waals surface area (Å²) in [6.45, 7) is 8.57. The molecule has 0 atom stereocenters. The molecule has 0 aliphatic carbocycles. The third-order valence-electron chi connectivity index (χ3n) is 5.27.